The van der Waals surface area contributed by atoms with Gasteiger partial charge < -0.3 is 10.2 Å². The van der Waals surface area contributed by atoms with Crippen LogP contribution in [0.3, 0.4) is 0 Å². The molecule has 2 saturated heterocycles. The number of hydrogen-bond donors (Lipinski definition) is 2. The normalized spacial score (nSPS) is 23.2. The van der Waals surface area contributed by atoms with Crippen LogP contribution in [0.4, 0.5) is 4.79 Å². The molecule has 0 aliphatic carbocycles. The smallest absolute Gasteiger partial charge is 0.323 e. The monoisotopic (exact) mass is 362 g/mol. The summed E-state index contributed by atoms with van der Waals surface area (Å²) < 4.78 is 0. The molecular weight excluding hydrogens is 344 g/mol. The molecule has 2 aliphatic heterocycles. The Hall–Kier alpha value is -2.55. The highest BCUT2D eigenvalue weighted by atomic mass is 32.2. The highest BCUT2D eigenvalue weighted by Crippen LogP contribution is 2.31. The lowest BCUT2D eigenvalue weighted by molar-refractivity contribution is -0.141. The molecule has 5 amide bonds. The molecule has 132 valence electrons. The van der Waals surface area contributed by atoms with Gasteiger partial charge in [0.25, 0.3) is 11.8 Å². The Bertz CT molecular complexity index is 726. The molecule has 9 heteroatoms. The third-order valence-corrected chi connectivity index (χ3v) is 5.23. The molecule has 0 radical (unpaired) electrons. The van der Waals surface area contributed by atoms with Gasteiger partial charge in [-0.25, -0.2) is 4.79 Å². The predicted molar refractivity (Wildman–Crippen MR) is 91.0 cm³/mol. The second kappa shape index (κ2) is 6.75. The van der Waals surface area contributed by atoms with Crippen LogP contribution in [0, 0.1) is 0 Å². The maximum atomic E-state index is 12.8. The molecule has 0 aromatic heterocycles. The molecule has 2 aliphatic rings. The number of benzene rings is 1. The summed E-state index contributed by atoms with van der Waals surface area (Å²) in [5.74, 6) is -0.496. The van der Waals surface area contributed by atoms with Crippen molar-refractivity contribution in [3.63, 3.8) is 0 Å². The molecule has 2 N–H and O–H groups in total. The van der Waals surface area contributed by atoms with Gasteiger partial charge in [0.15, 0.2) is 0 Å². The standard InChI is InChI=1S/C16H18N4O4S/c1-2-16(11-6-4-3-5-7-11)14(23)20(15(24)17-16)18-12(21)8-19-10-25-9-13(19)22/h3-7H,2,8-10H2,1H3,(H,17,24)(H,18,21)/t16-/m0/s1. The van der Waals surface area contributed by atoms with E-state index in [1.807, 2.05) is 6.07 Å². The molecule has 0 saturated carbocycles. The number of hydrazine groups is 1. The molecule has 1 aromatic carbocycles. The van der Waals surface area contributed by atoms with Gasteiger partial charge in [0.2, 0.25) is 5.91 Å². The van der Waals surface area contributed by atoms with Crippen molar-refractivity contribution in [3.05, 3.63) is 35.9 Å². The Morgan fingerprint density at radius 3 is 2.60 bits per heavy atom. The summed E-state index contributed by atoms with van der Waals surface area (Å²) in [4.78, 5) is 50.2. The molecule has 0 spiro atoms. The van der Waals surface area contributed by atoms with Crippen LogP contribution in [0.2, 0.25) is 0 Å². The Labute approximate surface area is 148 Å². The number of urea groups is 1. The number of thioether (sulfide) groups is 1. The van der Waals surface area contributed by atoms with Crippen LogP contribution >= 0.6 is 11.8 Å². The van der Waals surface area contributed by atoms with Gasteiger partial charge in [-0.15, -0.1) is 11.8 Å². The zero-order valence-electron chi connectivity index (χ0n) is 13.7. The van der Waals surface area contributed by atoms with Crippen LogP contribution in [0.25, 0.3) is 0 Å². The first-order chi connectivity index (χ1) is 12.0. The summed E-state index contributed by atoms with van der Waals surface area (Å²) in [6.45, 7) is 1.60. The number of rotatable bonds is 5. The minimum Gasteiger partial charge on any atom is -0.323 e. The van der Waals surface area contributed by atoms with Crippen molar-refractivity contribution in [2.24, 2.45) is 0 Å². The Morgan fingerprint density at radius 2 is 2.00 bits per heavy atom. The van der Waals surface area contributed by atoms with Crippen molar-refractivity contribution in [2.45, 2.75) is 18.9 Å². The van der Waals surface area contributed by atoms with Gasteiger partial charge in [0.05, 0.1) is 11.6 Å². The van der Waals surface area contributed by atoms with Gasteiger partial charge in [0.1, 0.15) is 12.1 Å². The molecular formula is C16H18N4O4S. The third kappa shape index (κ3) is 3.07. The minimum atomic E-state index is -1.20. The third-order valence-electron chi connectivity index (χ3n) is 4.28. The van der Waals surface area contributed by atoms with Crippen molar-refractivity contribution >= 4 is 35.5 Å². The van der Waals surface area contributed by atoms with Gasteiger partial charge in [0, 0.05) is 0 Å². The van der Waals surface area contributed by atoms with Gasteiger partial charge in [-0.1, -0.05) is 37.3 Å². The van der Waals surface area contributed by atoms with Crippen LogP contribution in [0.15, 0.2) is 30.3 Å². The average molecular weight is 362 g/mol. The SMILES string of the molecule is CC[C@@]1(c2ccccc2)NC(=O)N(NC(=O)CN2CSCC2=O)C1=O. The number of carbonyl (C=O) groups is 4. The zero-order valence-corrected chi connectivity index (χ0v) is 14.5. The summed E-state index contributed by atoms with van der Waals surface area (Å²) in [5, 5.41) is 3.38. The van der Waals surface area contributed by atoms with E-state index in [-0.39, 0.29) is 12.5 Å². The van der Waals surface area contributed by atoms with E-state index in [1.165, 1.54) is 16.7 Å². The summed E-state index contributed by atoms with van der Waals surface area (Å²) >= 11 is 1.41. The van der Waals surface area contributed by atoms with E-state index >= 15 is 0 Å². The van der Waals surface area contributed by atoms with Crippen molar-refractivity contribution in [1.29, 1.82) is 0 Å². The van der Waals surface area contributed by atoms with Crippen molar-refractivity contribution < 1.29 is 19.2 Å². The molecule has 25 heavy (non-hydrogen) atoms. The maximum absolute atomic E-state index is 12.8. The molecule has 1 atom stereocenters. The van der Waals surface area contributed by atoms with Crippen molar-refractivity contribution in [2.75, 3.05) is 18.2 Å². The van der Waals surface area contributed by atoms with Gasteiger partial charge >= 0.3 is 6.03 Å². The second-order valence-electron chi connectivity index (χ2n) is 5.80. The van der Waals surface area contributed by atoms with Crippen molar-refractivity contribution in [1.82, 2.24) is 20.7 Å². The molecule has 1 aromatic rings. The first-order valence-electron chi connectivity index (χ1n) is 7.85. The summed E-state index contributed by atoms with van der Waals surface area (Å²) in [6.07, 6.45) is 0.342. The fourth-order valence-corrected chi connectivity index (χ4v) is 3.82. The Morgan fingerprint density at radius 1 is 1.28 bits per heavy atom. The van der Waals surface area contributed by atoms with E-state index < -0.39 is 23.4 Å². The number of imide groups is 1. The van der Waals surface area contributed by atoms with E-state index in [9.17, 15) is 19.2 Å². The highest BCUT2D eigenvalue weighted by molar-refractivity contribution is 8.00. The summed E-state index contributed by atoms with van der Waals surface area (Å²) in [5.41, 5.74) is 1.76. The van der Waals surface area contributed by atoms with E-state index in [0.717, 1.165) is 0 Å². The van der Waals surface area contributed by atoms with Crippen LogP contribution in [0.1, 0.15) is 18.9 Å². The molecule has 2 fully saturated rings. The molecule has 8 nitrogen and oxygen atoms in total. The zero-order chi connectivity index (χ0) is 18.0. The minimum absolute atomic E-state index is 0.135. The van der Waals surface area contributed by atoms with E-state index in [1.54, 1.807) is 31.2 Å². The second-order valence-corrected chi connectivity index (χ2v) is 6.75. The van der Waals surface area contributed by atoms with Crippen LogP contribution in [-0.2, 0) is 19.9 Å². The quantitative estimate of drug-likeness (QED) is 0.739. The lowest BCUT2D eigenvalue weighted by Crippen LogP contribution is -2.51. The summed E-state index contributed by atoms with van der Waals surface area (Å²) in [7, 11) is 0. The topological polar surface area (TPSA) is 98.8 Å². The number of hydrogen-bond acceptors (Lipinski definition) is 5. The van der Waals surface area contributed by atoms with E-state index in [4.69, 9.17) is 0 Å². The first kappa shape index (κ1) is 17.3. The van der Waals surface area contributed by atoms with Crippen molar-refractivity contribution in [3.8, 4) is 0 Å². The van der Waals surface area contributed by atoms with Gasteiger partial charge in [-0.3, -0.25) is 19.8 Å². The molecule has 0 unspecified atom stereocenters. The number of nitrogens with zero attached hydrogens (tertiary/aromatic N) is 2. The predicted octanol–water partition coefficient (Wildman–Crippen LogP) is 0.408. The lowest BCUT2D eigenvalue weighted by atomic mass is 9.87. The fourth-order valence-electron chi connectivity index (χ4n) is 2.91. The van der Waals surface area contributed by atoms with Gasteiger partial charge in [-0.05, 0) is 12.0 Å². The summed E-state index contributed by atoms with van der Waals surface area (Å²) in [6, 6.07) is 8.21. The van der Waals surface area contributed by atoms with E-state index in [0.29, 0.717) is 28.6 Å². The average Bonchev–Trinajstić information content (AvgIpc) is 3.12. The van der Waals surface area contributed by atoms with Crippen LogP contribution < -0.4 is 10.7 Å². The van der Waals surface area contributed by atoms with Gasteiger partial charge in [-0.2, -0.15) is 5.01 Å². The number of amides is 5. The number of nitrogens with one attached hydrogen (secondary N) is 2. The molecule has 2 heterocycles. The van der Waals surface area contributed by atoms with Crippen LogP contribution in [0.5, 0.6) is 0 Å². The Kier molecular flexibility index (Phi) is 4.67. The lowest BCUT2D eigenvalue weighted by Gasteiger charge is -2.25. The maximum Gasteiger partial charge on any atom is 0.344 e. The van der Waals surface area contributed by atoms with E-state index in [2.05, 4.69) is 10.7 Å². The first-order valence-corrected chi connectivity index (χ1v) is 9.00. The number of carbonyl (C=O) groups excluding carboxylic acids is 4. The molecule has 0 bridgehead atoms. The van der Waals surface area contributed by atoms with Crippen LogP contribution in [-0.4, -0.2) is 51.8 Å². The Balaban J connectivity index is 1.75. The fraction of sp³-hybridized carbons (Fsp3) is 0.375. The molecule has 3 rings (SSSR count). The highest BCUT2D eigenvalue weighted by Gasteiger charge is 2.52. The largest absolute Gasteiger partial charge is 0.344 e.